The number of nitro groups is 1. The van der Waals surface area contributed by atoms with Gasteiger partial charge in [0.05, 0.1) is 4.92 Å². The molecule has 0 unspecified atom stereocenters. The van der Waals surface area contributed by atoms with E-state index in [0.29, 0.717) is 11.1 Å². The summed E-state index contributed by atoms with van der Waals surface area (Å²) in [6, 6.07) is 8.94. The fraction of sp³-hybridized carbons (Fsp3) is 0.188. The van der Waals surface area contributed by atoms with Crippen molar-refractivity contribution in [3.63, 3.8) is 0 Å². The van der Waals surface area contributed by atoms with E-state index in [0.717, 1.165) is 5.56 Å². The molecule has 2 aromatic rings. The highest BCUT2D eigenvalue weighted by atomic mass is 19.1. The maximum atomic E-state index is 13.2. The Bertz CT molecular complexity index is 744. The molecule has 1 N–H and O–H groups in total. The maximum Gasteiger partial charge on any atom is 0.273 e. The second-order valence-corrected chi connectivity index (χ2v) is 4.97. The van der Waals surface area contributed by atoms with Gasteiger partial charge in [-0.2, -0.15) is 0 Å². The van der Waals surface area contributed by atoms with Crippen LogP contribution in [-0.2, 0) is 6.54 Å². The van der Waals surface area contributed by atoms with Gasteiger partial charge in [0.1, 0.15) is 5.82 Å². The molecule has 0 aromatic heterocycles. The van der Waals surface area contributed by atoms with Gasteiger partial charge in [-0.15, -0.1) is 0 Å². The summed E-state index contributed by atoms with van der Waals surface area (Å²) in [5.74, 6) is -0.701. The van der Waals surface area contributed by atoms with Crippen molar-refractivity contribution in [2.24, 2.45) is 0 Å². The number of carbonyl (C=O) groups excluding carboxylic acids is 1. The zero-order valence-electron chi connectivity index (χ0n) is 12.2. The van der Waals surface area contributed by atoms with Gasteiger partial charge in [0, 0.05) is 23.7 Å². The van der Waals surface area contributed by atoms with Crippen molar-refractivity contribution in [3.8, 4) is 0 Å². The number of nitrogens with zero attached hydrogens (tertiary/aromatic N) is 1. The highest BCUT2D eigenvalue weighted by molar-refractivity contribution is 5.96. The Balaban J connectivity index is 2.14. The van der Waals surface area contributed by atoms with E-state index in [1.807, 2.05) is 0 Å². The lowest BCUT2D eigenvalue weighted by molar-refractivity contribution is -0.385. The lowest BCUT2D eigenvalue weighted by atomic mass is 10.1. The molecule has 0 spiro atoms. The molecule has 0 radical (unpaired) electrons. The number of amides is 1. The van der Waals surface area contributed by atoms with Crippen molar-refractivity contribution in [2.45, 2.75) is 20.4 Å². The monoisotopic (exact) mass is 302 g/mol. The zero-order valence-corrected chi connectivity index (χ0v) is 12.2. The highest BCUT2D eigenvalue weighted by Crippen LogP contribution is 2.21. The maximum absolute atomic E-state index is 13.2. The van der Waals surface area contributed by atoms with Gasteiger partial charge in [-0.05, 0) is 37.1 Å². The normalized spacial score (nSPS) is 10.3. The largest absolute Gasteiger partial charge is 0.348 e. The molecule has 0 aliphatic rings. The van der Waals surface area contributed by atoms with E-state index in [2.05, 4.69) is 5.32 Å². The van der Waals surface area contributed by atoms with Crippen LogP contribution in [0.1, 0.15) is 27.0 Å². The first-order valence-corrected chi connectivity index (χ1v) is 6.67. The number of halogens is 1. The van der Waals surface area contributed by atoms with Crippen LogP contribution < -0.4 is 5.32 Å². The Hall–Kier alpha value is -2.76. The first-order chi connectivity index (χ1) is 10.4. The number of benzene rings is 2. The minimum atomic E-state index is -0.518. The van der Waals surface area contributed by atoms with Gasteiger partial charge in [0.15, 0.2) is 0 Å². The molecule has 22 heavy (non-hydrogen) atoms. The van der Waals surface area contributed by atoms with Gasteiger partial charge in [-0.1, -0.05) is 18.2 Å². The fourth-order valence-corrected chi connectivity index (χ4v) is 2.16. The standard InChI is InChI=1S/C16H15FN2O3/c1-10-8-12(6-7-14(10)17)9-18-16(20)13-4-3-5-15(11(13)2)19(21)22/h3-8H,9H2,1-2H3,(H,18,20). The molecule has 0 bridgehead atoms. The van der Waals surface area contributed by atoms with Gasteiger partial charge >= 0.3 is 0 Å². The smallest absolute Gasteiger partial charge is 0.273 e. The molecule has 0 atom stereocenters. The van der Waals surface area contributed by atoms with E-state index in [9.17, 15) is 19.3 Å². The van der Waals surface area contributed by atoms with E-state index in [-0.39, 0.29) is 23.6 Å². The van der Waals surface area contributed by atoms with Gasteiger partial charge in [0.25, 0.3) is 11.6 Å². The molecule has 0 aliphatic carbocycles. The number of rotatable bonds is 4. The van der Waals surface area contributed by atoms with Crippen molar-refractivity contribution >= 4 is 11.6 Å². The third-order valence-electron chi connectivity index (χ3n) is 3.42. The van der Waals surface area contributed by atoms with E-state index in [4.69, 9.17) is 0 Å². The molecule has 2 aromatic carbocycles. The number of hydrogen-bond acceptors (Lipinski definition) is 3. The molecule has 0 aliphatic heterocycles. The summed E-state index contributed by atoms with van der Waals surface area (Å²) in [5, 5.41) is 13.6. The Morgan fingerprint density at radius 1 is 1.27 bits per heavy atom. The van der Waals surface area contributed by atoms with Crippen molar-refractivity contribution in [1.82, 2.24) is 5.32 Å². The summed E-state index contributed by atoms with van der Waals surface area (Å²) in [5.41, 5.74) is 1.74. The lowest BCUT2D eigenvalue weighted by Crippen LogP contribution is -2.23. The molecule has 114 valence electrons. The van der Waals surface area contributed by atoms with Crippen LogP contribution >= 0.6 is 0 Å². The topological polar surface area (TPSA) is 72.2 Å². The number of hydrogen-bond donors (Lipinski definition) is 1. The van der Waals surface area contributed by atoms with Crippen LogP contribution in [-0.4, -0.2) is 10.8 Å². The predicted molar refractivity (Wildman–Crippen MR) is 80.1 cm³/mol. The van der Waals surface area contributed by atoms with Gasteiger partial charge in [-0.3, -0.25) is 14.9 Å². The Morgan fingerprint density at radius 2 is 2.00 bits per heavy atom. The lowest BCUT2D eigenvalue weighted by Gasteiger charge is -2.09. The summed E-state index contributed by atoms with van der Waals surface area (Å²) < 4.78 is 13.2. The molecular formula is C16H15FN2O3. The first kappa shape index (κ1) is 15.6. The molecule has 5 nitrogen and oxygen atoms in total. The molecule has 0 saturated heterocycles. The van der Waals surface area contributed by atoms with E-state index in [1.54, 1.807) is 19.1 Å². The van der Waals surface area contributed by atoms with Crippen molar-refractivity contribution in [1.29, 1.82) is 0 Å². The minimum absolute atomic E-state index is 0.0923. The van der Waals surface area contributed by atoms with Crippen LogP contribution in [0.4, 0.5) is 10.1 Å². The van der Waals surface area contributed by atoms with Crippen LogP contribution in [0, 0.1) is 29.8 Å². The summed E-state index contributed by atoms with van der Waals surface area (Å²) in [4.78, 5) is 22.5. The number of nitrogens with one attached hydrogen (secondary N) is 1. The summed E-state index contributed by atoms with van der Waals surface area (Å²) in [6.45, 7) is 3.41. The van der Waals surface area contributed by atoms with Crippen LogP contribution in [0.25, 0.3) is 0 Å². The van der Waals surface area contributed by atoms with Crippen LogP contribution in [0.3, 0.4) is 0 Å². The fourth-order valence-electron chi connectivity index (χ4n) is 2.16. The molecule has 1 amide bonds. The van der Waals surface area contributed by atoms with E-state index in [1.165, 1.54) is 31.2 Å². The SMILES string of the molecule is Cc1cc(CNC(=O)c2cccc([N+](=O)[O-])c2C)ccc1F. The third kappa shape index (κ3) is 3.28. The van der Waals surface area contributed by atoms with Crippen molar-refractivity contribution in [3.05, 3.63) is 74.6 Å². The van der Waals surface area contributed by atoms with Crippen LogP contribution in [0.2, 0.25) is 0 Å². The first-order valence-electron chi connectivity index (χ1n) is 6.67. The van der Waals surface area contributed by atoms with Gasteiger partial charge < -0.3 is 5.32 Å². The molecule has 0 heterocycles. The molecule has 0 fully saturated rings. The Labute approximate surface area is 126 Å². The van der Waals surface area contributed by atoms with Gasteiger partial charge in [-0.25, -0.2) is 4.39 Å². The van der Waals surface area contributed by atoms with Crippen molar-refractivity contribution < 1.29 is 14.1 Å². The Morgan fingerprint density at radius 3 is 2.64 bits per heavy atom. The summed E-state index contributed by atoms with van der Waals surface area (Å²) in [6.07, 6.45) is 0. The van der Waals surface area contributed by atoms with Crippen LogP contribution in [0.5, 0.6) is 0 Å². The average Bonchev–Trinajstić information content (AvgIpc) is 2.48. The third-order valence-corrected chi connectivity index (χ3v) is 3.42. The van der Waals surface area contributed by atoms with Gasteiger partial charge in [0.2, 0.25) is 0 Å². The average molecular weight is 302 g/mol. The number of aryl methyl sites for hydroxylation is 1. The zero-order chi connectivity index (χ0) is 16.3. The highest BCUT2D eigenvalue weighted by Gasteiger charge is 2.17. The Kier molecular flexibility index (Phi) is 4.50. The van der Waals surface area contributed by atoms with E-state index >= 15 is 0 Å². The molecule has 2 rings (SSSR count). The predicted octanol–water partition coefficient (Wildman–Crippen LogP) is 3.28. The summed E-state index contributed by atoms with van der Waals surface area (Å²) in [7, 11) is 0. The van der Waals surface area contributed by atoms with Crippen molar-refractivity contribution in [2.75, 3.05) is 0 Å². The second-order valence-electron chi connectivity index (χ2n) is 4.97. The quantitative estimate of drug-likeness (QED) is 0.696. The van der Waals surface area contributed by atoms with Crippen LogP contribution in [0.15, 0.2) is 36.4 Å². The molecule has 6 heteroatoms. The second kappa shape index (κ2) is 6.34. The number of carbonyl (C=O) groups is 1. The molecule has 0 saturated carbocycles. The van der Waals surface area contributed by atoms with E-state index < -0.39 is 10.8 Å². The minimum Gasteiger partial charge on any atom is -0.348 e. The number of nitro benzene ring substituents is 1. The summed E-state index contributed by atoms with van der Waals surface area (Å²) >= 11 is 0. The molecular weight excluding hydrogens is 287 g/mol.